The van der Waals surface area contributed by atoms with Gasteiger partial charge in [0.1, 0.15) is 5.69 Å². The molecule has 1 amide bonds. The normalized spacial score (nSPS) is 12.8. The fourth-order valence-corrected chi connectivity index (χ4v) is 2.04. The molecule has 5 heteroatoms. The van der Waals surface area contributed by atoms with E-state index in [1.807, 2.05) is 0 Å². The maximum Gasteiger partial charge on any atom is 0.268 e. The Balaban J connectivity index is 2.67. The Kier molecular flexibility index (Phi) is 5.02. The Bertz CT molecular complexity index is 387. The highest BCUT2D eigenvalue weighted by Gasteiger charge is 2.16. The summed E-state index contributed by atoms with van der Waals surface area (Å²) in [5.41, 5.74) is 6.20. The predicted octanol–water partition coefficient (Wildman–Crippen LogP) is 1.78. The van der Waals surface area contributed by atoms with Gasteiger partial charge in [0.25, 0.3) is 5.91 Å². The first kappa shape index (κ1) is 14.1. The van der Waals surface area contributed by atoms with Crippen molar-refractivity contribution in [3.05, 3.63) is 23.0 Å². The lowest BCUT2D eigenvalue weighted by Crippen LogP contribution is -2.41. The molecule has 1 rings (SSSR count). The van der Waals surface area contributed by atoms with Gasteiger partial charge in [-0.25, -0.2) is 0 Å². The number of carbonyl (C=O) groups is 1. The highest BCUT2D eigenvalue weighted by Crippen LogP contribution is 2.13. The Labute approximate surface area is 107 Å². The summed E-state index contributed by atoms with van der Waals surface area (Å²) >= 11 is 5.84. The van der Waals surface area contributed by atoms with Crippen LogP contribution in [0.25, 0.3) is 0 Å². The molecule has 0 aromatic carbocycles. The Morgan fingerprint density at radius 1 is 1.59 bits per heavy atom. The molecule has 1 aromatic heterocycles. The van der Waals surface area contributed by atoms with Crippen LogP contribution in [0.5, 0.6) is 0 Å². The summed E-state index contributed by atoms with van der Waals surface area (Å²) in [4.78, 5) is 12.0. The van der Waals surface area contributed by atoms with Crippen LogP contribution < -0.4 is 11.1 Å². The minimum absolute atomic E-state index is 0.0103. The summed E-state index contributed by atoms with van der Waals surface area (Å²) < 4.78 is 1.71. The number of carbonyl (C=O) groups excluding carboxylic acids is 1. The van der Waals surface area contributed by atoms with E-state index in [4.69, 9.17) is 17.3 Å². The lowest BCUT2D eigenvalue weighted by atomic mass is 10.0. The molecule has 0 spiro atoms. The van der Waals surface area contributed by atoms with Gasteiger partial charge in [-0.05, 0) is 18.4 Å². The monoisotopic (exact) mass is 257 g/mol. The summed E-state index contributed by atoms with van der Waals surface area (Å²) in [7, 11) is 1.79. The molecular weight excluding hydrogens is 238 g/mol. The van der Waals surface area contributed by atoms with Crippen molar-refractivity contribution in [1.29, 1.82) is 0 Å². The van der Waals surface area contributed by atoms with Crippen molar-refractivity contribution >= 4 is 17.5 Å². The van der Waals surface area contributed by atoms with Crippen LogP contribution in [0, 0.1) is 5.92 Å². The molecule has 0 fully saturated rings. The first-order valence-electron chi connectivity index (χ1n) is 5.76. The molecular formula is C12H20ClN3O. The van der Waals surface area contributed by atoms with Crippen molar-refractivity contribution in [2.75, 3.05) is 6.54 Å². The molecule has 0 aliphatic heterocycles. The third kappa shape index (κ3) is 4.06. The minimum atomic E-state index is -0.129. The molecule has 0 aliphatic carbocycles. The molecule has 0 radical (unpaired) electrons. The van der Waals surface area contributed by atoms with E-state index < -0.39 is 0 Å². The summed E-state index contributed by atoms with van der Waals surface area (Å²) in [6.07, 6.45) is 2.58. The Hall–Kier alpha value is -1.00. The van der Waals surface area contributed by atoms with E-state index >= 15 is 0 Å². The molecule has 1 atom stereocenters. The molecule has 96 valence electrons. The summed E-state index contributed by atoms with van der Waals surface area (Å²) in [5, 5.41) is 3.49. The van der Waals surface area contributed by atoms with Crippen LogP contribution in [0.2, 0.25) is 5.02 Å². The number of nitrogens with zero attached hydrogens (tertiary/aromatic N) is 1. The van der Waals surface area contributed by atoms with E-state index in [1.54, 1.807) is 23.9 Å². The van der Waals surface area contributed by atoms with Crippen LogP contribution in [0.15, 0.2) is 12.3 Å². The Morgan fingerprint density at radius 2 is 2.24 bits per heavy atom. The molecule has 0 saturated carbocycles. The van der Waals surface area contributed by atoms with Gasteiger partial charge < -0.3 is 15.6 Å². The van der Waals surface area contributed by atoms with Crippen LogP contribution in [-0.4, -0.2) is 23.1 Å². The van der Waals surface area contributed by atoms with Crippen LogP contribution in [0.3, 0.4) is 0 Å². The van der Waals surface area contributed by atoms with Crippen molar-refractivity contribution in [3.63, 3.8) is 0 Å². The maximum absolute atomic E-state index is 12.0. The number of aromatic nitrogens is 1. The maximum atomic E-state index is 12.0. The third-order valence-corrected chi connectivity index (χ3v) is 2.79. The van der Waals surface area contributed by atoms with Crippen molar-refractivity contribution < 1.29 is 4.79 Å². The third-order valence-electron chi connectivity index (χ3n) is 2.58. The highest BCUT2D eigenvalue weighted by molar-refractivity contribution is 6.31. The van der Waals surface area contributed by atoms with Gasteiger partial charge in [-0.2, -0.15) is 0 Å². The lowest BCUT2D eigenvalue weighted by Gasteiger charge is -2.18. The molecule has 1 aromatic rings. The zero-order chi connectivity index (χ0) is 13.0. The lowest BCUT2D eigenvalue weighted by molar-refractivity contribution is 0.0925. The standard InChI is InChI=1S/C12H20ClN3O/c1-8(2)4-10(6-14)15-12(17)11-5-9(13)7-16(11)3/h5,7-8,10H,4,6,14H2,1-3H3,(H,15,17). The Morgan fingerprint density at radius 3 is 2.65 bits per heavy atom. The topological polar surface area (TPSA) is 60.0 Å². The first-order valence-corrected chi connectivity index (χ1v) is 6.14. The number of nitrogens with one attached hydrogen (secondary N) is 1. The molecule has 0 saturated heterocycles. The second kappa shape index (κ2) is 6.07. The van der Waals surface area contributed by atoms with E-state index in [9.17, 15) is 4.79 Å². The van der Waals surface area contributed by atoms with E-state index in [0.717, 1.165) is 6.42 Å². The van der Waals surface area contributed by atoms with Gasteiger partial charge in [0.15, 0.2) is 0 Å². The second-order valence-electron chi connectivity index (χ2n) is 4.69. The van der Waals surface area contributed by atoms with Crippen LogP contribution in [0.4, 0.5) is 0 Å². The molecule has 4 nitrogen and oxygen atoms in total. The summed E-state index contributed by atoms with van der Waals surface area (Å²) in [6, 6.07) is 1.66. The molecule has 0 bridgehead atoms. The van der Waals surface area contributed by atoms with Gasteiger partial charge in [0.2, 0.25) is 0 Å². The average molecular weight is 258 g/mol. The number of hydrogen-bond acceptors (Lipinski definition) is 2. The molecule has 1 heterocycles. The largest absolute Gasteiger partial charge is 0.347 e. The van der Waals surface area contributed by atoms with Crippen molar-refractivity contribution in [2.24, 2.45) is 18.7 Å². The number of rotatable bonds is 5. The van der Waals surface area contributed by atoms with Gasteiger partial charge in [-0.15, -0.1) is 0 Å². The smallest absolute Gasteiger partial charge is 0.268 e. The number of halogens is 1. The van der Waals surface area contributed by atoms with E-state index in [0.29, 0.717) is 23.2 Å². The van der Waals surface area contributed by atoms with E-state index in [-0.39, 0.29) is 11.9 Å². The zero-order valence-corrected chi connectivity index (χ0v) is 11.3. The zero-order valence-electron chi connectivity index (χ0n) is 10.5. The van der Waals surface area contributed by atoms with Crippen LogP contribution >= 0.6 is 11.6 Å². The SMILES string of the molecule is CC(C)CC(CN)NC(=O)c1cc(Cl)cn1C. The number of hydrogen-bond donors (Lipinski definition) is 2. The minimum Gasteiger partial charge on any atom is -0.347 e. The second-order valence-corrected chi connectivity index (χ2v) is 5.13. The molecule has 3 N–H and O–H groups in total. The first-order chi connectivity index (χ1) is 7.93. The fraction of sp³-hybridized carbons (Fsp3) is 0.583. The quantitative estimate of drug-likeness (QED) is 0.845. The van der Waals surface area contributed by atoms with Crippen LogP contribution in [-0.2, 0) is 7.05 Å². The van der Waals surface area contributed by atoms with Gasteiger partial charge in [0.05, 0.1) is 5.02 Å². The number of aryl methyl sites for hydroxylation is 1. The molecule has 0 aliphatic rings. The summed E-state index contributed by atoms with van der Waals surface area (Å²) in [6.45, 7) is 4.66. The number of amides is 1. The number of nitrogens with two attached hydrogens (primary N) is 1. The summed E-state index contributed by atoms with van der Waals surface area (Å²) in [5.74, 6) is 0.372. The highest BCUT2D eigenvalue weighted by atomic mass is 35.5. The fourth-order valence-electron chi connectivity index (χ4n) is 1.79. The predicted molar refractivity (Wildman–Crippen MR) is 70.2 cm³/mol. The van der Waals surface area contributed by atoms with Gasteiger partial charge in [-0.3, -0.25) is 4.79 Å². The van der Waals surface area contributed by atoms with Crippen molar-refractivity contribution in [3.8, 4) is 0 Å². The molecule has 1 unspecified atom stereocenters. The average Bonchev–Trinajstić information content (AvgIpc) is 2.56. The van der Waals surface area contributed by atoms with E-state index in [1.165, 1.54) is 0 Å². The van der Waals surface area contributed by atoms with Crippen molar-refractivity contribution in [1.82, 2.24) is 9.88 Å². The van der Waals surface area contributed by atoms with Gasteiger partial charge >= 0.3 is 0 Å². The van der Waals surface area contributed by atoms with Crippen molar-refractivity contribution in [2.45, 2.75) is 26.3 Å². The molecule has 17 heavy (non-hydrogen) atoms. The van der Waals surface area contributed by atoms with Gasteiger partial charge in [0, 0.05) is 25.8 Å². The van der Waals surface area contributed by atoms with Crippen LogP contribution in [0.1, 0.15) is 30.8 Å². The van der Waals surface area contributed by atoms with E-state index in [2.05, 4.69) is 19.2 Å². The van der Waals surface area contributed by atoms with Gasteiger partial charge in [-0.1, -0.05) is 25.4 Å².